The number of alkyl carbamates (subject to hydrolysis) is 1. The minimum absolute atomic E-state index is 0.0934. The molecule has 24 heavy (non-hydrogen) atoms. The summed E-state index contributed by atoms with van der Waals surface area (Å²) in [6, 6.07) is 7.61. The number of hydrogen-bond donors (Lipinski definition) is 1. The molecule has 0 bridgehead atoms. The van der Waals surface area contributed by atoms with Gasteiger partial charge in [0.2, 0.25) is 5.91 Å². The average molecular weight is 334 g/mol. The second kappa shape index (κ2) is 6.71. The zero-order valence-electron chi connectivity index (χ0n) is 15.0. The summed E-state index contributed by atoms with van der Waals surface area (Å²) in [4.78, 5) is 26.4. The fourth-order valence-corrected chi connectivity index (χ4v) is 2.66. The highest BCUT2D eigenvalue weighted by Crippen LogP contribution is 2.25. The fourth-order valence-electron chi connectivity index (χ4n) is 2.66. The molecule has 0 aliphatic carbocycles. The molecule has 0 saturated carbocycles. The van der Waals surface area contributed by atoms with E-state index in [9.17, 15) is 9.59 Å². The number of ether oxygens (including phenoxy) is 2. The van der Waals surface area contributed by atoms with Crippen molar-refractivity contribution in [3.8, 4) is 5.75 Å². The SMILES string of the molecule is COc1ccc(CN2CCC(C)(NC(=O)OC(C)(C)C)C2=O)cc1. The van der Waals surface area contributed by atoms with Gasteiger partial charge in [0.25, 0.3) is 0 Å². The van der Waals surface area contributed by atoms with Crippen LogP contribution in [0.4, 0.5) is 4.79 Å². The lowest BCUT2D eigenvalue weighted by molar-refractivity contribution is -0.133. The zero-order valence-corrected chi connectivity index (χ0v) is 15.0. The Morgan fingerprint density at radius 2 is 1.92 bits per heavy atom. The predicted molar refractivity (Wildman–Crippen MR) is 90.8 cm³/mol. The van der Waals surface area contributed by atoms with Gasteiger partial charge >= 0.3 is 6.09 Å². The zero-order chi connectivity index (χ0) is 18.0. The number of methoxy groups -OCH3 is 1. The number of carbonyl (C=O) groups excluding carboxylic acids is 2. The van der Waals surface area contributed by atoms with Gasteiger partial charge < -0.3 is 19.7 Å². The van der Waals surface area contributed by atoms with Crippen LogP contribution in [0.3, 0.4) is 0 Å². The van der Waals surface area contributed by atoms with Crippen LogP contribution < -0.4 is 10.1 Å². The lowest BCUT2D eigenvalue weighted by Crippen LogP contribution is -2.52. The van der Waals surface area contributed by atoms with E-state index in [0.717, 1.165) is 11.3 Å². The van der Waals surface area contributed by atoms with Crippen LogP contribution in [-0.4, -0.2) is 41.7 Å². The quantitative estimate of drug-likeness (QED) is 0.919. The van der Waals surface area contributed by atoms with E-state index in [0.29, 0.717) is 19.5 Å². The van der Waals surface area contributed by atoms with Crippen LogP contribution >= 0.6 is 0 Å². The number of benzene rings is 1. The molecule has 2 amide bonds. The second-order valence-electron chi connectivity index (χ2n) is 7.28. The summed E-state index contributed by atoms with van der Waals surface area (Å²) in [6.45, 7) is 8.23. The molecule has 1 aromatic rings. The van der Waals surface area contributed by atoms with Gasteiger partial charge in [-0.15, -0.1) is 0 Å². The number of nitrogens with one attached hydrogen (secondary N) is 1. The number of nitrogens with zero attached hydrogens (tertiary/aromatic N) is 1. The van der Waals surface area contributed by atoms with Crippen molar-refractivity contribution in [3.63, 3.8) is 0 Å². The number of amides is 2. The summed E-state index contributed by atoms with van der Waals surface area (Å²) in [6.07, 6.45) is -0.00836. The van der Waals surface area contributed by atoms with E-state index in [2.05, 4.69) is 5.32 Å². The van der Waals surface area contributed by atoms with Crippen molar-refractivity contribution in [2.24, 2.45) is 0 Å². The first-order chi connectivity index (χ1) is 11.1. The van der Waals surface area contributed by atoms with E-state index in [-0.39, 0.29) is 5.91 Å². The van der Waals surface area contributed by atoms with Crippen LogP contribution in [0.5, 0.6) is 5.75 Å². The van der Waals surface area contributed by atoms with Crippen molar-refractivity contribution in [1.82, 2.24) is 10.2 Å². The first-order valence-corrected chi connectivity index (χ1v) is 8.06. The van der Waals surface area contributed by atoms with E-state index in [1.807, 2.05) is 24.3 Å². The van der Waals surface area contributed by atoms with Crippen LogP contribution in [-0.2, 0) is 16.1 Å². The Balaban J connectivity index is 1.98. The molecule has 1 aliphatic rings. The standard InChI is InChI=1S/C18H26N2O4/c1-17(2,3)24-16(22)19-18(4)10-11-20(15(18)21)12-13-6-8-14(23-5)9-7-13/h6-9H,10-12H2,1-5H3,(H,19,22). The Bertz CT molecular complexity index is 606. The van der Waals surface area contributed by atoms with Crippen LogP contribution in [0, 0.1) is 0 Å². The minimum Gasteiger partial charge on any atom is -0.497 e. The molecule has 0 aromatic heterocycles. The van der Waals surface area contributed by atoms with Gasteiger partial charge in [-0.3, -0.25) is 4.79 Å². The molecule has 1 atom stereocenters. The molecule has 2 rings (SSSR count). The van der Waals surface area contributed by atoms with Gasteiger partial charge in [0, 0.05) is 13.1 Å². The third-order valence-electron chi connectivity index (χ3n) is 3.95. The van der Waals surface area contributed by atoms with E-state index in [4.69, 9.17) is 9.47 Å². The highest BCUT2D eigenvalue weighted by Gasteiger charge is 2.44. The van der Waals surface area contributed by atoms with Crippen LogP contribution in [0.15, 0.2) is 24.3 Å². The molecular weight excluding hydrogens is 308 g/mol. The summed E-state index contributed by atoms with van der Waals surface area (Å²) in [5, 5.41) is 2.72. The summed E-state index contributed by atoms with van der Waals surface area (Å²) < 4.78 is 10.4. The summed E-state index contributed by atoms with van der Waals surface area (Å²) >= 11 is 0. The summed E-state index contributed by atoms with van der Waals surface area (Å²) in [5.74, 6) is 0.687. The largest absolute Gasteiger partial charge is 0.497 e. The number of hydrogen-bond acceptors (Lipinski definition) is 4. The molecule has 1 saturated heterocycles. The van der Waals surface area contributed by atoms with Crippen LogP contribution in [0.1, 0.15) is 39.7 Å². The maximum absolute atomic E-state index is 12.7. The van der Waals surface area contributed by atoms with Gasteiger partial charge in [-0.2, -0.15) is 0 Å². The van der Waals surface area contributed by atoms with Crippen molar-refractivity contribution in [3.05, 3.63) is 29.8 Å². The Kier molecular flexibility index (Phi) is 5.06. The molecule has 1 aromatic carbocycles. The van der Waals surface area contributed by atoms with Crippen molar-refractivity contribution < 1.29 is 19.1 Å². The lowest BCUT2D eigenvalue weighted by Gasteiger charge is -2.27. The maximum Gasteiger partial charge on any atom is 0.408 e. The predicted octanol–water partition coefficient (Wildman–Crippen LogP) is 2.71. The van der Waals surface area contributed by atoms with Gasteiger partial charge in [0.15, 0.2) is 0 Å². The molecule has 1 unspecified atom stereocenters. The molecule has 132 valence electrons. The average Bonchev–Trinajstić information content (AvgIpc) is 2.74. The Morgan fingerprint density at radius 1 is 1.29 bits per heavy atom. The number of rotatable bonds is 4. The molecule has 0 spiro atoms. The van der Waals surface area contributed by atoms with E-state index < -0.39 is 17.2 Å². The lowest BCUT2D eigenvalue weighted by atomic mass is 10.0. The summed E-state index contributed by atoms with van der Waals surface area (Å²) in [5.41, 5.74) is -0.495. The highest BCUT2D eigenvalue weighted by molar-refractivity contribution is 5.91. The minimum atomic E-state index is -0.922. The van der Waals surface area contributed by atoms with Crippen molar-refractivity contribution in [1.29, 1.82) is 0 Å². The molecular formula is C18H26N2O4. The molecule has 6 nitrogen and oxygen atoms in total. The highest BCUT2D eigenvalue weighted by atomic mass is 16.6. The normalized spacial score (nSPS) is 20.9. The topological polar surface area (TPSA) is 67.9 Å². The van der Waals surface area contributed by atoms with Gasteiger partial charge in [0.1, 0.15) is 16.9 Å². The summed E-state index contributed by atoms with van der Waals surface area (Å²) in [7, 11) is 1.62. The van der Waals surface area contributed by atoms with Gasteiger partial charge in [0.05, 0.1) is 7.11 Å². The van der Waals surface area contributed by atoms with Crippen molar-refractivity contribution in [2.75, 3.05) is 13.7 Å². The third kappa shape index (κ3) is 4.40. The molecule has 1 N–H and O–H groups in total. The second-order valence-corrected chi connectivity index (χ2v) is 7.28. The fraction of sp³-hybridized carbons (Fsp3) is 0.556. The van der Waals surface area contributed by atoms with Crippen molar-refractivity contribution in [2.45, 2.75) is 51.8 Å². The molecule has 1 heterocycles. The maximum atomic E-state index is 12.7. The number of likely N-dealkylation sites (tertiary alicyclic amines) is 1. The first-order valence-electron chi connectivity index (χ1n) is 8.06. The van der Waals surface area contributed by atoms with E-state index >= 15 is 0 Å². The molecule has 1 aliphatic heterocycles. The molecule has 6 heteroatoms. The smallest absolute Gasteiger partial charge is 0.408 e. The van der Waals surface area contributed by atoms with Crippen LogP contribution in [0.25, 0.3) is 0 Å². The van der Waals surface area contributed by atoms with Crippen LogP contribution in [0.2, 0.25) is 0 Å². The molecule has 1 fully saturated rings. The van der Waals surface area contributed by atoms with Gasteiger partial charge in [-0.1, -0.05) is 12.1 Å². The Hall–Kier alpha value is -2.24. The third-order valence-corrected chi connectivity index (χ3v) is 3.95. The van der Waals surface area contributed by atoms with E-state index in [1.165, 1.54) is 0 Å². The van der Waals surface area contributed by atoms with E-state index in [1.54, 1.807) is 39.7 Å². The first kappa shape index (κ1) is 18.1. The monoisotopic (exact) mass is 334 g/mol. The Morgan fingerprint density at radius 3 is 2.46 bits per heavy atom. The Labute approximate surface area is 143 Å². The number of carbonyl (C=O) groups is 2. The molecule has 0 radical (unpaired) electrons. The van der Waals surface area contributed by atoms with Crippen molar-refractivity contribution >= 4 is 12.0 Å². The van der Waals surface area contributed by atoms with Gasteiger partial charge in [-0.25, -0.2) is 4.79 Å². The van der Waals surface area contributed by atoms with Gasteiger partial charge in [-0.05, 0) is 51.8 Å².